The minimum absolute atomic E-state index is 0.0179. The molecular weight excluding hydrogens is 369 g/mol. The van der Waals surface area contributed by atoms with Crippen molar-refractivity contribution in [3.05, 3.63) is 46.7 Å². The molecule has 26 heavy (non-hydrogen) atoms. The predicted octanol–water partition coefficient (Wildman–Crippen LogP) is 4.76. The van der Waals surface area contributed by atoms with Gasteiger partial charge in [0.25, 0.3) is 5.91 Å². The standard InChI is InChI=1S/C17H16ClF3N4O/c18-13-6-5-11(9-12(13)17(19,20)21)23-15(26)14-7-8-22-16(25-14)24-10-3-1-2-4-10/h5-10H,1-4H2,(H,23,26)(H,22,24,25). The number of anilines is 2. The molecule has 0 aliphatic heterocycles. The van der Waals surface area contributed by atoms with Gasteiger partial charge in [-0.3, -0.25) is 4.79 Å². The maximum atomic E-state index is 12.9. The van der Waals surface area contributed by atoms with Crippen LogP contribution in [0, 0.1) is 0 Å². The Morgan fingerprint density at radius 2 is 1.92 bits per heavy atom. The van der Waals surface area contributed by atoms with Crippen LogP contribution in [0.3, 0.4) is 0 Å². The molecule has 1 saturated carbocycles. The lowest BCUT2D eigenvalue weighted by Crippen LogP contribution is -2.19. The number of aromatic nitrogens is 2. The molecule has 1 aliphatic carbocycles. The Balaban J connectivity index is 1.74. The van der Waals surface area contributed by atoms with E-state index in [1.54, 1.807) is 0 Å². The topological polar surface area (TPSA) is 66.9 Å². The van der Waals surface area contributed by atoms with Gasteiger partial charge in [0, 0.05) is 17.9 Å². The van der Waals surface area contributed by atoms with E-state index >= 15 is 0 Å². The molecule has 0 atom stereocenters. The van der Waals surface area contributed by atoms with Crippen LogP contribution in [-0.4, -0.2) is 21.9 Å². The van der Waals surface area contributed by atoms with Crippen molar-refractivity contribution < 1.29 is 18.0 Å². The van der Waals surface area contributed by atoms with E-state index < -0.39 is 22.7 Å². The van der Waals surface area contributed by atoms with Crippen LogP contribution in [-0.2, 0) is 6.18 Å². The van der Waals surface area contributed by atoms with Crippen molar-refractivity contribution in [2.75, 3.05) is 10.6 Å². The van der Waals surface area contributed by atoms with Crippen LogP contribution in [0.15, 0.2) is 30.5 Å². The summed E-state index contributed by atoms with van der Waals surface area (Å²) in [6.07, 6.45) is 1.13. The van der Waals surface area contributed by atoms with E-state index in [9.17, 15) is 18.0 Å². The van der Waals surface area contributed by atoms with Crippen molar-refractivity contribution in [3.63, 3.8) is 0 Å². The highest BCUT2D eigenvalue weighted by atomic mass is 35.5. The van der Waals surface area contributed by atoms with E-state index in [4.69, 9.17) is 11.6 Å². The summed E-state index contributed by atoms with van der Waals surface area (Å²) in [6.45, 7) is 0. The summed E-state index contributed by atoms with van der Waals surface area (Å²) in [5, 5.41) is 5.14. The second-order valence-electron chi connectivity index (χ2n) is 6.04. The fourth-order valence-corrected chi connectivity index (χ4v) is 3.05. The summed E-state index contributed by atoms with van der Waals surface area (Å²) >= 11 is 5.57. The molecule has 5 nitrogen and oxygen atoms in total. The third-order valence-electron chi connectivity index (χ3n) is 4.11. The van der Waals surface area contributed by atoms with Crippen LogP contribution in [0.1, 0.15) is 41.7 Å². The van der Waals surface area contributed by atoms with Crippen LogP contribution in [0.25, 0.3) is 0 Å². The minimum Gasteiger partial charge on any atom is -0.351 e. The molecule has 2 aromatic rings. The molecule has 1 aromatic carbocycles. The number of benzene rings is 1. The first-order valence-electron chi connectivity index (χ1n) is 8.10. The molecule has 0 bridgehead atoms. The Hall–Kier alpha value is -2.35. The first-order valence-corrected chi connectivity index (χ1v) is 8.48. The van der Waals surface area contributed by atoms with E-state index in [1.165, 1.54) is 18.3 Å². The maximum absolute atomic E-state index is 12.9. The van der Waals surface area contributed by atoms with Gasteiger partial charge >= 0.3 is 6.18 Å². The van der Waals surface area contributed by atoms with Gasteiger partial charge in [0.15, 0.2) is 0 Å². The maximum Gasteiger partial charge on any atom is 0.417 e. The average molecular weight is 385 g/mol. The second kappa shape index (κ2) is 7.49. The fraction of sp³-hybridized carbons (Fsp3) is 0.353. The predicted molar refractivity (Wildman–Crippen MR) is 92.3 cm³/mol. The molecule has 0 unspecified atom stereocenters. The van der Waals surface area contributed by atoms with Crippen molar-refractivity contribution >= 4 is 29.1 Å². The van der Waals surface area contributed by atoms with Crippen LogP contribution < -0.4 is 10.6 Å². The molecule has 1 heterocycles. The lowest BCUT2D eigenvalue weighted by molar-refractivity contribution is -0.137. The number of nitrogens with zero attached hydrogens (tertiary/aromatic N) is 2. The van der Waals surface area contributed by atoms with Gasteiger partial charge in [-0.25, -0.2) is 9.97 Å². The quantitative estimate of drug-likeness (QED) is 0.797. The number of alkyl halides is 3. The molecular formula is C17H16ClF3N4O. The van der Waals surface area contributed by atoms with Gasteiger partial charge in [-0.15, -0.1) is 0 Å². The Morgan fingerprint density at radius 3 is 2.62 bits per heavy atom. The van der Waals surface area contributed by atoms with Crippen molar-refractivity contribution in [1.82, 2.24) is 9.97 Å². The molecule has 1 fully saturated rings. The average Bonchev–Trinajstić information content (AvgIpc) is 3.09. The number of carbonyl (C=O) groups is 1. The highest BCUT2D eigenvalue weighted by Crippen LogP contribution is 2.36. The summed E-state index contributed by atoms with van der Waals surface area (Å²) in [4.78, 5) is 20.5. The summed E-state index contributed by atoms with van der Waals surface area (Å²) in [6, 6.07) is 4.86. The Bertz CT molecular complexity index is 807. The zero-order valence-corrected chi connectivity index (χ0v) is 14.4. The van der Waals surface area contributed by atoms with Gasteiger partial charge in [0.2, 0.25) is 5.95 Å². The van der Waals surface area contributed by atoms with E-state index in [0.717, 1.165) is 37.8 Å². The van der Waals surface area contributed by atoms with Crippen molar-refractivity contribution in [2.24, 2.45) is 0 Å². The molecule has 2 N–H and O–H groups in total. The molecule has 0 saturated heterocycles. The molecule has 9 heteroatoms. The van der Waals surface area contributed by atoms with E-state index in [1.807, 2.05) is 0 Å². The summed E-state index contributed by atoms with van der Waals surface area (Å²) in [7, 11) is 0. The largest absolute Gasteiger partial charge is 0.417 e. The highest BCUT2D eigenvalue weighted by molar-refractivity contribution is 6.31. The fourth-order valence-electron chi connectivity index (χ4n) is 2.82. The summed E-state index contributed by atoms with van der Waals surface area (Å²) in [5.74, 6) is -0.297. The lowest BCUT2D eigenvalue weighted by atomic mass is 10.2. The first kappa shape index (κ1) is 18.4. The van der Waals surface area contributed by atoms with E-state index in [-0.39, 0.29) is 17.4 Å². The highest BCUT2D eigenvalue weighted by Gasteiger charge is 2.33. The van der Waals surface area contributed by atoms with Gasteiger partial charge in [0.05, 0.1) is 10.6 Å². The lowest BCUT2D eigenvalue weighted by Gasteiger charge is -2.13. The van der Waals surface area contributed by atoms with Crippen molar-refractivity contribution in [1.29, 1.82) is 0 Å². The number of nitrogens with one attached hydrogen (secondary N) is 2. The Kier molecular flexibility index (Phi) is 5.31. The van der Waals surface area contributed by atoms with Gasteiger partial charge in [-0.2, -0.15) is 13.2 Å². The molecule has 1 aliphatic rings. The summed E-state index contributed by atoms with van der Waals surface area (Å²) < 4.78 is 38.7. The Morgan fingerprint density at radius 1 is 1.19 bits per heavy atom. The van der Waals surface area contributed by atoms with Crippen LogP contribution in [0.5, 0.6) is 0 Å². The van der Waals surface area contributed by atoms with Crippen molar-refractivity contribution in [3.8, 4) is 0 Å². The van der Waals surface area contributed by atoms with Gasteiger partial charge in [0.1, 0.15) is 5.69 Å². The van der Waals surface area contributed by atoms with Crippen LogP contribution in [0.4, 0.5) is 24.8 Å². The normalized spacial score (nSPS) is 15.1. The van der Waals surface area contributed by atoms with Gasteiger partial charge in [-0.05, 0) is 37.1 Å². The third-order valence-corrected chi connectivity index (χ3v) is 4.44. The summed E-state index contributed by atoms with van der Waals surface area (Å²) in [5.41, 5.74) is -0.970. The second-order valence-corrected chi connectivity index (χ2v) is 6.44. The smallest absolute Gasteiger partial charge is 0.351 e. The third kappa shape index (κ3) is 4.43. The van der Waals surface area contributed by atoms with E-state index in [2.05, 4.69) is 20.6 Å². The molecule has 138 valence electrons. The van der Waals surface area contributed by atoms with Crippen molar-refractivity contribution in [2.45, 2.75) is 37.9 Å². The molecule has 0 spiro atoms. The zero-order chi connectivity index (χ0) is 18.7. The number of halogens is 4. The van der Waals surface area contributed by atoms with Gasteiger partial charge < -0.3 is 10.6 Å². The minimum atomic E-state index is -4.61. The van der Waals surface area contributed by atoms with Crippen LogP contribution >= 0.6 is 11.6 Å². The zero-order valence-electron chi connectivity index (χ0n) is 13.6. The number of rotatable bonds is 4. The molecule has 1 amide bonds. The molecule has 1 aromatic heterocycles. The van der Waals surface area contributed by atoms with Crippen LogP contribution in [0.2, 0.25) is 5.02 Å². The molecule has 3 rings (SSSR count). The first-order chi connectivity index (χ1) is 12.3. The SMILES string of the molecule is O=C(Nc1ccc(Cl)c(C(F)(F)F)c1)c1ccnc(NC2CCCC2)n1. The van der Waals surface area contributed by atoms with Gasteiger partial charge in [-0.1, -0.05) is 24.4 Å². The number of carbonyl (C=O) groups excluding carboxylic acids is 1. The number of hydrogen-bond donors (Lipinski definition) is 2. The Labute approximate surface area is 153 Å². The molecule has 0 radical (unpaired) electrons. The monoisotopic (exact) mass is 384 g/mol. The number of hydrogen-bond acceptors (Lipinski definition) is 4. The van der Waals surface area contributed by atoms with E-state index in [0.29, 0.717) is 5.95 Å². The number of amides is 1.